The van der Waals surface area contributed by atoms with Crippen molar-refractivity contribution >= 4 is 58.0 Å². The second kappa shape index (κ2) is 6.73. The minimum atomic E-state index is -1.06. The Kier molecular flexibility index (Phi) is 4.03. The Balaban J connectivity index is 1.93. The number of aromatic nitrogens is 4. The molecule has 0 fully saturated rings. The Morgan fingerprint density at radius 1 is 0.833 bits per heavy atom. The van der Waals surface area contributed by atoms with E-state index in [0.29, 0.717) is 22.8 Å². The van der Waals surface area contributed by atoms with Gasteiger partial charge in [0, 0.05) is 25.1 Å². The summed E-state index contributed by atoms with van der Waals surface area (Å²) in [7, 11) is 4.00. The van der Waals surface area contributed by atoms with Crippen molar-refractivity contribution in [1.82, 2.24) is 19.9 Å². The maximum Gasteiger partial charge on any atom is 0.340 e. The van der Waals surface area contributed by atoms with Crippen molar-refractivity contribution < 1.29 is 9.90 Å². The lowest BCUT2D eigenvalue weighted by Gasteiger charge is -2.12. The predicted molar refractivity (Wildman–Crippen MR) is 120 cm³/mol. The molecule has 7 heteroatoms. The van der Waals surface area contributed by atoms with Crippen LogP contribution in [-0.2, 0) is 0 Å². The zero-order valence-corrected chi connectivity index (χ0v) is 16.5. The molecule has 0 atom stereocenters. The zero-order chi connectivity index (χ0) is 20.8. The third kappa shape index (κ3) is 3.06. The topological polar surface area (TPSA) is 97.9 Å². The summed E-state index contributed by atoms with van der Waals surface area (Å²) in [6.07, 6.45) is 7.04. The molecule has 0 saturated heterocycles. The fraction of sp³-hybridized carbons (Fsp3) is 0.0870. The molecule has 5 heterocycles. The lowest BCUT2D eigenvalue weighted by molar-refractivity contribution is 0.0696. The van der Waals surface area contributed by atoms with Crippen LogP contribution in [0.5, 0.6) is 0 Å². The number of hydrogen-bond acceptors (Lipinski definition) is 4. The Hall–Kier alpha value is -4.13. The van der Waals surface area contributed by atoms with Gasteiger partial charge in [0.15, 0.2) is 0 Å². The molecule has 148 valence electrons. The lowest BCUT2D eigenvalue weighted by atomic mass is 10.1. The molecule has 0 aromatic carbocycles. The number of aromatic amines is 2. The fourth-order valence-electron chi connectivity index (χ4n) is 3.76. The lowest BCUT2D eigenvalue weighted by Crippen LogP contribution is -2.09. The van der Waals surface area contributed by atoms with Gasteiger partial charge in [-0.2, -0.15) is 0 Å². The molecule has 5 rings (SSSR count). The molecule has 3 aromatic heterocycles. The summed E-state index contributed by atoms with van der Waals surface area (Å²) in [6.45, 7) is 0. The summed E-state index contributed by atoms with van der Waals surface area (Å²) in [5.41, 5.74) is 6.93. The first-order chi connectivity index (χ1) is 14.5. The smallest absolute Gasteiger partial charge is 0.340 e. The highest BCUT2D eigenvalue weighted by atomic mass is 16.4. The molecule has 30 heavy (non-hydrogen) atoms. The van der Waals surface area contributed by atoms with Crippen molar-refractivity contribution in [1.29, 1.82) is 0 Å². The number of carbonyl (C=O) groups is 1. The normalized spacial score (nSPS) is 12.3. The Labute approximate surface area is 172 Å². The van der Waals surface area contributed by atoms with E-state index in [4.69, 9.17) is 0 Å². The largest absolute Gasteiger partial charge is 0.478 e. The summed E-state index contributed by atoms with van der Waals surface area (Å²) >= 11 is 0. The average molecular weight is 397 g/mol. The van der Waals surface area contributed by atoms with Gasteiger partial charge in [-0.05, 0) is 60.7 Å². The van der Waals surface area contributed by atoms with Gasteiger partial charge in [-0.1, -0.05) is 0 Å². The number of anilines is 1. The van der Waals surface area contributed by atoms with Crippen molar-refractivity contribution in [3.05, 3.63) is 64.7 Å². The minimum Gasteiger partial charge on any atom is -0.478 e. The maximum absolute atomic E-state index is 11.9. The van der Waals surface area contributed by atoms with Gasteiger partial charge < -0.3 is 20.0 Å². The van der Waals surface area contributed by atoms with Gasteiger partial charge in [0.2, 0.25) is 0 Å². The number of hydrogen-bond donors (Lipinski definition) is 3. The maximum atomic E-state index is 11.9. The number of rotatable bonds is 2. The van der Waals surface area contributed by atoms with E-state index in [-0.39, 0.29) is 5.56 Å². The quantitative estimate of drug-likeness (QED) is 0.410. The summed E-state index contributed by atoms with van der Waals surface area (Å²) in [4.78, 5) is 29.9. The highest BCUT2D eigenvalue weighted by molar-refractivity contribution is 5.98. The molecular formula is C23H19N5O2. The van der Waals surface area contributed by atoms with E-state index >= 15 is 0 Å². The molecule has 2 aliphatic rings. The Bertz CT molecular complexity index is 1310. The molecule has 0 saturated carbocycles. The van der Waals surface area contributed by atoms with Crippen LogP contribution in [0.4, 0.5) is 5.69 Å². The van der Waals surface area contributed by atoms with E-state index in [1.807, 2.05) is 50.5 Å². The number of fused-ring (bicyclic) bond motifs is 8. The van der Waals surface area contributed by atoms with Gasteiger partial charge >= 0.3 is 5.97 Å². The number of nitrogens with one attached hydrogen (secondary N) is 2. The van der Waals surface area contributed by atoms with Gasteiger partial charge in [-0.3, -0.25) is 0 Å². The van der Waals surface area contributed by atoms with Crippen molar-refractivity contribution in [2.24, 2.45) is 0 Å². The van der Waals surface area contributed by atoms with E-state index in [9.17, 15) is 9.90 Å². The number of carboxylic acid groups (broad SMARTS) is 1. The number of H-pyrrole nitrogens is 2. The first-order valence-corrected chi connectivity index (χ1v) is 9.49. The monoisotopic (exact) mass is 397 g/mol. The van der Waals surface area contributed by atoms with Crippen LogP contribution in [0.15, 0.2) is 36.4 Å². The van der Waals surface area contributed by atoms with Crippen LogP contribution < -0.4 is 4.90 Å². The molecule has 0 spiro atoms. The molecule has 0 amide bonds. The summed E-state index contributed by atoms with van der Waals surface area (Å²) < 4.78 is 0. The van der Waals surface area contributed by atoms with Crippen LogP contribution in [0.1, 0.15) is 33.1 Å². The van der Waals surface area contributed by atoms with E-state index in [2.05, 4.69) is 24.8 Å². The van der Waals surface area contributed by atoms with Crippen LogP contribution in [0.2, 0.25) is 0 Å². The van der Waals surface area contributed by atoms with Crippen molar-refractivity contribution in [2.75, 3.05) is 19.0 Å². The summed E-state index contributed by atoms with van der Waals surface area (Å²) in [6, 6.07) is 11.8. The van der Waals surface area contributed by atoms with E-state index < -0.39 is 5.97 Å². The van der Waals surface area contributed by atoms with Crippen LogP contribution in [-0.4, -0.2) is 45.1 Å². The van der Waals surface area contributed by atoms with Crippen molar-refractivity contribution in [2.45, 2.75) is 0 Å². The van der Waals surface area contributed by atoms with Crippen LogP contribution in [0.3, 0.4) is 0 Å². The first kappa shape index (κ1) is 17.9. The first-order valence-electron chi connectivity index (χ1n) is 9.49. The molecular weight excluding hydrogens is 378 g/mol. The standard InChI is InChI=1S/C23H19N5O2/c1-28(2)22-19-9-5-15(26-19)11-13-3-7-17(24-13)21(23(29)30)18-8-4-14(25-18)12-16-6-10-20(22)27-16/h3-12,26-27H,1-2H3,(H,29,30). The van der Waals surface area contributed by atoms with Crippen LogP contribution >= 0.6 is 0 Å². The highest BCUT2D eigenvalue weighted by Crippen LogP contribution is 2.26. The second-order valence-corrected chi connectivity index (χ2v) is 7.38. The SMILES string of the molecule is CN(C)c1c2ccc(cc3nc(c(C(=O)O)c4nc(cc5ccc1[nH]5)C=C4)C=C3)[nH]2. The molecule has 0 aliphatic carbocycles. The van der Waals surface area contributed by atoms with E-state index in [1.54, 1.807) is 24.3 Å². The molecule has 0 unspecified atom stereocenters. The Morgan fingerprint density at radius 2 is 1.33 bits per heavy atom. The minimum absolute atomic E-state index is 0.0870. The van der Waals surface area contributed by atoms with Crippen molar-refractivity contribution in [3.8, 4) is 0 Å². The highest BCUT2D eigenvalue weighted by Gasteiger charge is 2.17. The molecule has 8 bridgehead atoms. The second-order valence-electron chi connectivity index (χ2n) is 7.38. The molecule has 2 aliphatic heterocycles. The van der Waals surface area contributed by atoms with Crippen LogP contribution in [0, 0.1) is 0 Å². The molecule has 3 N–H and O–H groups in total. The van der Waals surface area contributed by atoms with E-state index in [0.717, 1.165) is 27.8 Å². The van der Waals surface area contributed by atoms with Gasteiger partial charge in [-0.15, -0.1) is 0 Å². The number of nitrogens with zero attached hydrogens (tertiary/aromatic N) is 3. The fourth-order valence-corrected chi connectivity index (χ4v) is 3.76. The predicted octanol–water partition coefficient (Wildman–Crippen LogP) is 4.42. The van der Waals surface area contributed by atoms with Crippen molar-refractivity contribution in [3.63, 3.8) is 0 Å². The van der Waals surface area contributed by atoms with E-state index in [1.165, 1.54) is 0 Å². The van der Waals surface area contributed by atoms with Gasteiger partial charge in [-0.25, -0.2) is 14.8 Å². The zero-order valence-electron chi connectivity index (χ0n) is 16.5. The molecule has 3 aromatic rings. The van der Waals surface area contributed by atoms with Gasteiger partial charge in [0.05, 0.1) is 39.5 Å². The molecule has 0 radical (unpaired) electrons. The number of carboxylic acids is 1. The van der Waals surface area contributed by atoms with Crippen LogP contribution in [0.25, 0.3) is 46.4 Å². The van der Waals surface area contributed by atoms with Gasteiger partial charge in [0.1, 0.15) is 5.56 Å². The summed E-state index contributed by atoms with van der Waals surface area (Å²) in [5.74, 6) is -1.06. The third-order valence-electron chi connectivity index (χ3n) is 5.03. The summed E-state index contributed by atoms with van der Waals surface area (Å²) in [5, 5.41) is 9.78. The van der Waals surface area contributed by atoms with Gasteiger partial charge in [0.25, 0.3) is 0 Å². The number of aromatic carboxylic acids is 1. The molecule has 7 nitrogen and oxygen atoms in total. The third-order valence-corrected chi connectivity index (χ3v) is 5.03. The average Bonchev–Trinajstić information content (AvgIpc) is 3.46. The Morgan fingerprint density at radius 3 is 1.77 bits per heavy atom.